The number of ether oxygens (including phenoxy) is 1. The molecule has 4 nitrogen and oxygen atoms in total. The maximum atomic E-state index is 12.1. The number of methoxy groups -OCH3 is 1. The van der Waals surface area contributed by atoms with Crippen LogP contribution in [0.3, 0.4) is 0 Å². The maximum Gasteiger partial charge on any atom is 0.246 e. The van der Waals surface area contributed by atoms with Gasteiger partial charge in [-0.2, -0.15) is 0 Å². The van der Waals surface area contributed by atoms with E-state index in [9.17, 15) is 4.79 Å². The molecule has 0 bridgehead atoms. The molecule has 0 spiro atoms. The van der Waals surface area contributed by atoms with Crippen molar-refractivity contribution in [2.24, 2.45) is 0 Å². The molecule has 1 amide bonds. The predicted octanol–water partition coefficient (Wildman–Crippen LogP) is 2.25. The minimum atomic E-state index is -0.113. The first-order valence-electron chi connectivity index (χ1n) is 6.73. The fraction of sp³-hybridized carbons (Fsp3) is 0.438. The van der Waals surface area contributed by atoms with E-state index >= 15 is 0 Å². The van der Waals surface area contributed by atoms with Crippen LogP contribution >= 0.6 is 0 Å². The fourth-order valence-electron chi connectivity index (χ4n) is 1.97. The maximum absolute atomic E-state index is 12.1. The average Bonchev–Trinajstić information content (AvgIpc) is 2.42. The summed E-state index contributed by atoms with van der Waals surface area (Å²) < 4.78 is 5.27. The van der Waals surface area contributed by atoms with Gasteiger partial charge in [-0.1, -0.05) is 11.6 Å². The molecule has 0 heterocycles. The van der Waals surface area contributed by atoms with Crippen molar-refractivity contribution in [3.8, 4) is 5.75 Å². The van der Waals surface area contributed by atoms with Crippen LogP contribution in [-0.4, -0.2) is 42.2 Å². The monoisotopic (exact) mass is 277 g/mol. The second kappa shape index (κ2) is 7.70. The molecule has 0 aliphatic rings. The first-order chi connectivity index (χ1) is 9.49. The molecule has 0 atom stereocenters. The molecule has 0 aliphatic carbocycles. The largest absolute Gasteiger partial charge is 0.496 e. The van der Waals surface area contributed by atoms with Gasteiger partial charge in [-0.15, -0.1) is 0 Å². The molecule has 0 saturated heterocycles. The van der Waals surface area contributed by atoms with E-state index in [4.69, 9.17) is 9.84 Å². The summed E-state index contributed by atoms with van der Waals surface area (Å²) in [7, 11) is 1.61. The van der Waals surface area contributed by atoms with E-state index in [1.54, 1.807) is 18.1 Å². The van der Waals surface area contributed by atoms with E-state index < -0.39 is 0 Å². The summed E-state index contributed by atoms with van der Waals surface area (Å²) in [5.74, 6) is 0.621. The van der Waals surface area contributed by atoms with Gasteiger partial charge in [0.1, 0.15) is 5.75 Å². The molecule has 0 saturated carbocycles. The van der Waals surface area contributed by atoms with Gasteiger partial charge in [0.05, 0.1) is 13.7 Å². The molecule has 0 fully saturated rings. The highest BCUT2D eigenvalue weighted by Gasteiger charge is 2.13. The lowest BCUT2D eigenvalue weighted by Gasteiger charge is -2.24. The molecule has 20 heavy (non-hydrogen) atoms. The first kappa shape index (κ1) is 16.2. The molecule has 0 aliphatic heterocycles. The molecule has 1 N–H and O–H groups in total. The Balaban J connectivity index is 2.91. The van der Waals surface area contributed by atoms with Crippen LogP contribution in [0.1, 0.15) is 25.0 Å². The number of carbonyl (C=O) groups excluding carboxylic acids is 1. The van der Waals surface area contributed by atoms with E-state index in [1.165, 1.54) is 6.08 Å². The van der Waals surface area contributed by atoms with Crippen molar-refractivity contribution in [2.75, 3.05) is 20.3 Å². The van der Waals surface area contributed by atoms with Crippen LogP contribution in [0.15, 0.2) is 24.3 Å². The van der Waals surface area contributed by atoms with Crippen molar-refractivity contribution in [3.05, 3.63) is 35.4 Å². The second-order valence-electron chi connectivity index (χ2n) is 4.93. The third-order valence-corrected chi connectivity index (χ3v) is 3.04. The number of hydrogen-bond donors (Lipinski definition) is 1. The van der Waals surface area contributed by atoms with Crippen LogP contribution in [0.5, 0.6) is 5.75 Å². The third-order valence-electron chi connectivity index (χ3n) is 3.04. The number of aryl methyl sites for hydroxylation is 1. The molecular formula is C16H23NO3. The zero-order chi connectivity index (χ0) is 15.1. The minimum Gasteiger partial charge on any atom is -0.496 e. The van der Waals surface area contributed by atoms with Gasteiger partial charge in [0, 0.05) is 24.2 Å². The number of aliphatic hydroxyl groups excluding tert-OH is 1. The van der Waals surface area contributed by atoms with Crippen molar-refractivity contribution >= 4 is 12.0 Å². The lowest BCUT2D eigenvalue weighted by Crippen LogP contribution is -2.37. The molecule has 1 rings (SSSR count). The van der Waals surface area contributed by atoms with Crippen molar-refractivity contribution in [1.82, 2.24) is 4.90 Å². The van der Waals surface area contributed by atoms with Gasteiger partial charge in [0.15, 0.2) is 0 Å². The molecule has 0 unspecified atom stereocenters. The predicted molar refractivity (Wildman–Crippen MR) is 80.7 cm³/mol. The Labute approximate surface area is 120 Å². The Bertz CT molecular complexity index is 481. The van der Waals surface area contributed by atoms with Crippen LogP contribution in [0.2, 0.25) is 0 Å². The molecule has 0 radical (unpaired) electrons. The fourth-order valence-corrected chi connectivity index (χ4v) is 1.97. The zero-order valence-electron chi connectivity index (χ0n) is 12.6. The topological polar surface area (TPSA) is 49.8 Å². The van der Waals surface area contributed by atoms with Gasteiger partial charge in [-0.25, -0.2) is 0 Å². The van der Waals surface area contributed by atoms with Crippen molar-refractivity contribution in [3.63, 3.8) is 0 Å². The number of carbonyl (C=O) groups is 1. The molecule has 1 aromatic rings. The van der Waals surface area contributed by atoms with Gasteiger partial charge >= 0.3 is 0 Å². The Morgan fingerprint density at radius 3 is 2.70 bits per heavy atom. The van der Waals surface area contributed by atoms with Crippen LogP contribution in [0, 0.1) is 6.92 Å². The normalized spacial score (nSPS) is 11.1. The molecule has 4 heteroatoms. The Morgan fingerprint density at radius 2 is 2.15 bits per heavy atom. The molecule has 1 aromatic carbocycles. The van der Waals surface area contributed by atoms with E-state index in [1.807, 2.05) is 39.0 Å². The first-order valence-corrected chi connectivity index (χ1v) is 6.73. The van der Waals surface area contributed by atoms with Gasteiger partial charge in [0.2, 0.25) is 5.91 Å². The van der Waals surface area contributed by atoms with E-state index in [2.05, 4.69) is 0 Å². The smallest absolute Gasteiger partial charge is 0.246 e. The SMILES string of the molecule is COc1ccc(C)cc1/C=C/C(=O)N(CCO)C(C)C. The van der Waals surface area contributed by atoms with Crippen molar-refractivity contribution < 1.29 is 14.6 Å². The lowest BCUT2D eigenvalue weighted by atomic mass is 10.1. The molecule has 110 valence electrons. The van der Waals surface area contributed by atoms with Gasteiger partial charge in [-0.05, 0) is 39.0 Å². The summed E-state index contributed by atoms with van der Waals surface area (Å²) >= 11 is 0. The van der Waals surface area contributed by atoms with Gasteiger partial charge in [-0.3, -0.25) is 4.79 Å². The van der Waals surface area contributed by atoms with Crippen molar-refractivity contribution in [2.45, 2.75) is 26.8 Å². The van der Waals surface area contributed by atoms with Crippen LogP contribution in [0.25, 0.3) is 6.08 Å². The summed E-state index contributed by atoms with van der Waals surface area (Å²) in [5.41, 5.74) is 1.97. The number of hydrogen-bond acceptors (Lipinski definition) is 3. The third kappa shape index (κ3) is 4.38. The quantitative estimate of drug-likeness (QED) is 0.811. The zero-order valence-corrected chi connectivity index (χ0v) is 12.6. The van der Waals surface area contributed by atoms with E-state index in [0.717, 1.165) is 16.9 Å². The average molecular weight is 277 g/mol. The highest BCUT2D eigenvalue weighted by Crippen LogP contribution is 2.21. The summed E-state index contributed by atoms with van der Waals surface area (Å²) in [5, 5.41) is 9.00. The van der Waals surface area contributed by atoms with Crippen LogP contribution in [0.4, 0.5) is 0 Å². The molecular weight excluding hydrogens is 254 g/mol. The van der Waals surface area contributed by atoms with Crippen LogP contribution < -0.4 is 4.74 Å². The number of amides is 1. The number of nitrogens with zero attached hydrogens (tertiary/aromatic N) is 1. The Morgan fingerprint density at radius 1 is 1.45 bits per heavy atom. The summed E-state index contributed by atoms with van der Waals surface area (Å²) in [6.45, 7) is 6.14. The Hall–Kier alpha value is -1.81. The highest BCUT2D eigenvalue weighted by atomic mass is 16.5. The highest BCUT2D eigenvalue weighted by molar-refractivity contribution is 5.92. The lowest BCUT2D eigenvalue weighted by molar-refractivity contribution is -0.128. The van der Waals surface area contributed by atoms with Gasteiger partial charge < -0.3 is 14.7 Å². The standard InChI is InChI=1S/C16H23NO3/c1-12(2)17(9-10-18)16(19)8-6-14-11-13(3)5-7-15(14)20-4/h5-8,11-12,18H,9-10H2,1-4H3/b8-6+. The van der Waals surface area contributed by atoms with E-state index in [-0.39, 0.29) is 18.6 Å². The Kier molecular flexibility index (Phi) is 6.25. The number of aliphatic hydroxyl groups is 1. The summed E-state index contributed by atoms with van der Waals surface area (Å²) in [6, 6.07) is 5.87. The second-order valence-corrected chi connectivity index (χ2v) is 4.93. The van der Waals surface area contributed by atoms with Crippen molar-refractivity contribution in [1.29, 1.82) is 0 Å². The van der Waals surface area contributed by atoms with E-state index in [0.29, 0.717) is 6.54 Å². The summed E-state index contributed by atoms with van der Waals surface area (Å²) in [4.78, 5) is 13.7. The molecule has 0 aromatic heterocycles. The number of benzene rings is 1. The summed E-state index contributed by atoms with van der Waals surface area (Å²) in [6.07, 6.45) is 3.27. The minimum absolute atomic E-state index is 0.0362. The van der Waals surface area contributed by atoms with Gasteiger partial charge in [0.25, 0.3) is 0 Å². The number of rotatable bonds is 6. The van der Waals surface area contributed by atoms with Crippen LogP contribution in [-0.2, 0) is 4.79 Å².